The first-order chi connectivity index (χ1) is 7.09. The van der Waals surface area contributed by atoms with E-state index in [1.807, 2.05) is 0 Å². The summed E-state index contributed by atoms with van der Waals surface area (Å²) in [6.07, 6.45) is 2.32. The number of hydrogen-bond donors (Lipinski definition) is 1. The van der Waals surface area contributed by atoms with Gasteiger partial charge in [-0.25, -0.2) is 0 Å². The number of aliphatic imine (C=N–C) groups is 1. The molecule has 86 valence electrons. The lowest BCUT2D eigenvalue weighted by Gasteiger charge is -2.35. The van der Waals surface area contributed by atoms with Gasteiger partial charge in [0.05, 0.1) is 12.1 Å². The maximum Gasteiger partial charge on any atom is 0.191 e. The molecular weight excluding hydrogens is 188 g/mol. The Morgan fingerprint density at radius 1 is 1.60 bits per heavy atom. The van der Waals surface area contributed by atoms with Crippen LogP contribution < -0.4 is 5.73 Å². The molecule has 1 saturated heterocycles. The van der Waals surface area contributed by atoms with E-state index in [-0.39, 0.29) is 5.54 Å². The van der Waals surface area contributed by atoms with E-state index in [0.717, 1.165) is 32.0 Å². The Bertz CT molecular complexity index is 264. The lowest BCUT2D eigenvalue weighted by Crippen LogP contribution is -2.53. The predicted molar refractivity (Wildman–Crippen MR) is 62.9 cm³/mol. The van der Waals surface area contributed by atoms with Crippen molar-refractivity contribution in [2.75, 3.05) is 26.7 Å². The van der Waals surface area contributed by atoms with Crippen molar-refractivity contribution in [2.24, 2.45) is 10.7 Å². The predicted octanol–water partition coefficient (Wildman–Crippen LogP) is 0.490. The average Bonchev–Trinajstić information content (AvgIpc) is 2.62. The van der Waals surface area contributed by atoms with Gasteiger partial charge in [0.15, 0.2) is 5.96 Å². The molecule has 0 aromatic carbocycles. The third kappa shape index (κ3) is 1.61. The summed E-state index contributed by atoms with van der Waals surface area (Å²) in [5.74, 6) is 0.749. The fourth-order valence-corrected chi connectivity index (χ4v) is 2.92. The molecule has 0 bridgehead atoms. The molecule has 2 rings (SSSR count). The van der Waals surface area contributed by atoms with Gasteiger partial charge in [0.25, 0.3) is 0 Å². The van der Waals surface area contributed by atoms with Crippen molar-refractivity contribution in [3.63, 3.8) is 0 Å². The topological polar surface area (TPSA) is 44.9 Å². The Kier molecular flexibility index (Phi) is 2.63. The number of nitrogens with zero attached hydrogens (tertiary/aromatic N) is 3. The summed E-state index contributed by atoms with van der Waals surface area (Å²) in [6, 6.07) is 0.644. The van der Waals surface area contributed by atoms with E-state index in [1.165, 1.54) is 6.42 Å². The number of likely N-dealkylation sites (N-methyl/N-ethyl adjacent to an activating group) is 1. The van der Waals surface area contributed by atoms with Crippen LogP contribution in [-0.2, 0) is 0 Å². The van der Waals surface area contributed by atoms with Crippen LogP contribution in [0.3, 0.4) is 0 Å². The van der Waals surface area contributed by atoms with Crippen LogP contribution >= 0.6 is 0 Å². The van der Waals surface area contributed by atoms with E-state index >= 15 is 0 Å². The van der Waals surface area contributed by atoms with Gasteiger partial charge in [0, 0.05) is 19.1 Å². The van der Waals surface area contributed by atoms with Crippen LogP contribution in [0, 0.1) is 0 Å². The molecule has 15 heavy (non-hydrogen) atoms. The van der Waals surface area contributed by atoms with E-state index in [2.05, 4.69) is 35.7 Å². The second-order valence-corrected chi connectivity index (χ2v) is 5.02. The Morgan fingerprint density at radius 2 is 2.33 bits per heavy atom. The van der Waals surface area contributed by atoms with Crippen LogP contribution in [0.1, 0.15) is 26.7 Å². The summed E-state index contributed by atoms with van der Waals surface area (Å²) >= 11 is 0. The van der Waals surface area contributed by atoms with Crippen molar-refractivity contribution in [3.8, 4) is 0 Å². The number of likely N-dealkylation sites (tertiary alicyclic amines) is 1. The van der Waals surface area contributed by atoms with E-state index in [4.69, 9.17) is 5.73 Å². The van der Waals surface area contributed by atoms with Crippen molar-refractivity contribution < 1.29 is 0 Å². The van der Waals surface area contributed by atoms with Crippen LogP contribution in [0.5, 0.6) is 0 Å². The van der Waals surface area contributed by atoms with Crippen LogP contribution in [-0.4, -0.2) is 54.0 Å². The molecule has 4 heteroatoms. The maximum atomic E-state index is 5.97. The fraction of sp³-hybridized carbons (Fsp3) is 0.909. The van der Waals surface area contributed by atoms with Crippen molar-refractivity contribution in [1.29, 1.82) is 0 Å². The van der Waals surface area contributed by atoms with Gasteiger partial charge >= 0.3 is 0 Å². The number of nitrogens with two attached hydrogens (primary N) is 1. The quantitative estimate of drug-likeness (QED) is 0.721. The van der Waals surface area contributed by atoms with E-state index in [0.29, 0.717) is 6.04 Å². The molecule has 2 aliphatic heterocycles. The minimum atomic E-state index is 0.203. The minimum Gasteiger partial charge on any atom is -0.370 e. The smallest absolute Gasteiger partial charge is 0.191 e. The number of hydrogen-bond acceptors (Lipinski definition) is 4. The fourth-order valence-electron chi connectivity index (χ4n) is 2.92. The average molecular weight is 210 g/mol. The third-order valence-electron chi connectivity index (χ3n) is 3.80. The van der Waals surface area contributed by atoms with Crippen LogP contribution in [0.15, 0.2) is 4.99 Å². The van der Waals surface area contributed by atoms with Gasteiger partial charge in [-0.1, -0.05) is 6.92 Å². The molecule has 2 N–H and O–H groups in total. The Labute approximate surface area is 92.1 Å². The van der Waals surface area contributed by atoms with Gasteiger partial charge < -0.3 is 15.5 Å². The lowest BCUT2D eigenvalue weighted by molar-refractivity contribution is 0.204. The minimum absolute atomic E-state index is 0.203. The third-order valence-corrected chi connectivity index (χ3v) is 3.80. The second kappa shape index (κ2) is 3.67. The second-order valence-electron chi connectivity index (χ2n) is 5.02. The summed E-state index contributed by atoms with van der Waals surface area (Å²) in [4.78, 5) is 9.17. The highest BCUT2D eigenvalue weighted by Gasteiger charge is 2.48. The maximum absolute atomic E-state index is 5.97. The van der Waals surface area contributed by atoms with E-state index in [9.17, 15) is 0 Å². The molecule has 1 fully saturated rings. The number of guanidine groups is 1. The van der Waals surface area contributed by atoms with Gasteiger partial charge in [0.2, 0.25) is 0 Å². The molecule has 4 nitrogen and oxygen atoms in total. The summed E-state index contributed by atoms with van der Waals surface area (Å²) in [6.45, 7) is 7.50. The molecule has 1 spiro atoms. The van der Waals surface area contributed by atoms with Gasteiger partial charge in [0.1, 0.15) is 0 Å². The van der Waals surface area contributed by atoms with Crippen LogP contribution in [0.4, 0.5) is 0 Å². The molecule has 2 aliphatic rings. The number of rotatable bonds is 2. The van der Waals surface area contributed by atoms with Crippen molar-refractivity contribution in [2.45, 2.75) is 38.3 Å². The summed E-state index contributed by atoms with van der Waals surface area (Å²) in [5.41, 5.74) is 6.17. The highest BCUT2D eigenvalue weighted by molar-refractivity contribution is 5.81. The summed E-state index contributed by atoms with van der Waals surface area (Å²) < 4.78 is 0. The molecule has 0 amide bonds. The van der Waals surface area contributed by atoms with E-state index in [1.54, 1.807) is 0 Å². The first kappa shape index (κ1) is 10.7. The summed E-state index contributed by atoms with van der Waals surface area (Å²) in [7, 11) is 2.19. The van der Waals surface area contributed by atoms with Crippen molar-refractivity contribution >= 4 is 5.96 Å². The van der Waals surface area contributed by atoms with Crippen LogP contribution in [0.2, 0.25) is 0 Å². The van der Waals surface area contributed by atoms with Crippen LogP contribution in [0.25, 0.3) is 0 Å². The summed E-state index contributed by atoms with van der Waals surface area (Å²) in [5, 5.41) is 0. The Morgan fingerprint density at radius 3 is 2.87 bits per heavy atom. The highest BCUT2D eigenvalue weighted by atomic mass is 15.4. The first-order valence-electron chi connectivity index (χ1n) is 5.87. The Balaban J connectivity index is 2.16. The van der Waals surface area contributed by atoms with Crippen molar-refractivity contribution in [3.05, 3.63) is 0 Å². The molecule has 2 unspecified atom stereocenters. The molecular formula is C11H22N4. The normalized spacial score (nSPS) is 36.6. The zero-order valence-corrected chi connectivity index (χ0v) is 10.0. The molecule has 0 aromatic heterocycles. The monoisotopic (exact) mass is 210 g/mol. The van der Waals surface area contributed by atoms with Gasteiger partial charge in [-0.3, -0.25) is 4.99 Å². The molecule has 0 saturated carbocycles. The molecule has 0 aliphatic carbocycles. The van der Waals surface area contributed by atoms with Gasteiger partial charge in [-0.2, -0.15) is 0 Å². The Hall–Kier alpha value is -0.770. The molecule has 2 heterocycles. The first-order valence-corrected chi connectivity index (χ1v) is 5.87. The van der Waals surface area contributed by atoms with Gasteiger partial charge in [-0.05, 0) is 26.8 Å². The standard InChI is InChI=1S/C11H22N4/c1-4-5-15-10(12)13-7-11(15)6-9(2)14(3)8-11/h9H,4-8H2,1-3H3,(H2,12,13). The lowest BCUT2D eigenvalue weighted by atomic mass is 9.95. The zero-order chi connectivity index (χ0) is 11.1. The van der Waals surface area contributed by atoms with E-state index < -0.39 is 0 Å². The molecule has 0 radical (unpaired) electrons. The molecule has 0 aromatic rings. The SMILES string of the molecule is CCCN1C(N)=NCC12CC(C)N(C)C2. The largest absolute Gasteiger partial charge is 0.370 e. The highest BCUT2D eigenvalue weighted by Crippen LogP contribution is 2.34. The van der Waals surface area contributed by atoms with Crippen molar-refractivity contribution in [1.82, 2.24) is 9.80 Å². The molecule has 2 atom stereocenters. The van der Waals surface area contributed by atoms with Gasteiger partial charge in [-0.15, -0.1) is 0 Å². The zero-order valence-electron chi connectivity index (χ0n) is 10.0.